The zero-order chi connectivity index (χ0) is 5.56. The van der Waals surface area contributed by atoms with E-state index in [1.807, 2.05) is 0 Å². The van der Waals surface area contributed by atoms with Crippen molar-refractivity contribution in [1.82, 2.24) is 0 Å². The fraction of sp³-hybridized carbons (Fsp3) is 0.600. The Balaban J connectivity index is 2.22. The summed E-state index contributed by atoms with van der Waals surface area (Å²) in [6.45, 7) is 0. The average Bonchev–Trinajstić information content (AvgIpc) is 2.46. The molecule has 0 amide bonds. The molecule has 8 heavy (non-hydrogen) atoms. The molecule has 2 atom stereocenters. The Morgan fingerprint density at radius 2 is 2.75 bits per heavy atom. The molecule has 0 saturated heterocycles. The summed E-state index contributed by atoms with van der Waals surface area (Å²) in [6, 6.07) is 0. The van der Waals surface area contributed by atoms with E-state index in [0.717, 1.165) is 12.7 Å². The van der Waals surface area contributed by atoms with Crippen LogP contribution in [0.3, 0.4) is 0 Å². The van der Waals surface area contributed by atoms with E-state index in [1.165, 1.54) is 0 Å². The van der Waals surface area contributed by atoms with Gasteiger partial charge in [0, 0.05) is 0 Å². The van der Waals surface area contributed by atoms with Gasteiger partial charge in [-0.25, -0.2) is 0 Å². The molecule has 0 radical (unpaired) electrons. The fourth-order valence-corrected chi connectivity index (χ4v) is 0.905. The molecule has 1 saturated carbocycles. The molecule has 0 spiro atoms. The van der Waals surface area contributed by atoms with Crippen molar-refractivity contribution in [2.24, 2.45) is 11.1 Å². The topological polar surface area (TPSA) is 38.7 Å². The molecule has 0 aromatic heterocycles. The molecule has 0 N–H and O–H groups in total. The summed E-state index contributed by atoms with van der Waals surface area (Å²) in [7, 11) is 0. The van der Waals surface area contributed by atoms with Crippen molar-refractivity contribution in [3.63, 3.8) is 0 Å². The molecule has 3 nitrogen and oxygen atoms in total. The molecule has 1 aliphatic heterocycles. The lowest BCUT2D eigenvalue weighted by Crippen LogP contribution is -1.98. The van der Waals surface area contributed by atoms with Gasteiger partial charge in [-0.15, -0.1) is 0 Å². The molecule has 42 valence electrons. The fourth-order valence-electron chi connectivity index (χ4n) is 0.905. The molecular formula is C5H5NO2. The third kappa shape index (κ3) is 0.338. The maximum Gasteiger partial charge on any atom is 0.168 e. The number of carbonyl (C=O) groups is 1. The molecule has 3 heteroatoms. The standard InChI is InChI=1S/C5H5NO2/c7-2-4-3-1-5(3)8-6-4/h2-3,5H,1H2. The Morgan fingerprint density at radius 1 is 1.88 bits per heavy atom. The number of aldehydes is 1. The third-order valence-corrected chi connectivity index (χ3v) is 1.53. The van der Waals surface area contributed by atoms with Crippen molar-refractivity contribution < 1.29 is 9.63 Å². The number of rotatable bonds is 1. The lowest BCUT2D eigenvalue weighted by atomic mass is 10.3. The second-order valence-corrected chi connectivity index (χ2v) is 2.12. The zero-order valence-electron chi connectivity index (χ0n) is 4.20. The molecule has 2 unspecified atom stereocenters. The number of oxime groups is 1. The normalized spacial score (nSPS) is 39.8. The first kappa shape index (κ1) is 4.06. The summed E-state index contributed by atoms with van der Waals surface area (Å²) >= 11 is 0. The van der Waals surface area contributed by atoms with E-state index in [-0.39, 0.29) is 6.10 Å². The summed E-state index contributed by atoms with van der Waals surface area (Å²) in [5.41, 5.74) is 0.593. The Morgan fingerprint density at radius 3 is 3.00 bits per heavy atom. The highest BCUT2D eigenvalue weighted by Gasteiger charge is 2.48. The van der Waals surface area contributed by atoms with Gasteiger partial charge < -0.3 is 4.84 Å². The molecule has 1 fully saturated rings. The van der Waals surface area contributed by atoms with Gasteiger partial charge in [0.05, 0.1) is 5.92 Å². The molecule has 1 heterocycles. The minimum Gasteiger partial charge on any atom is -0.391 e. The second-order valence-electron chi connectivity index (χ2n) is 2.12. The maximum atomic E-state index is 10.0. The Bertz CT molecular complexity index is 164. The van der Waals surface area contributed by atoms with Gasteiger partial charge in [-0.1, -0.05) is 5.16 Å². The number of hydrogen-bond donors (Lipinski definition) is 0. The van der Waals surface area contributed by atoms with E-state index >= 15 is 0 Å². The summed E-state index contributed by atoms with van der Waals surface area (Å²) < 4.78 is 0. The van der Waals surface area contributed by atoms with Crippen LogP contribution in [0.2, 0.25) is 0 Å². The molecule has 0 bridgehead atoms. The van der Waals surface area contributed by atoms with Crippen molar-refractivity contribution in [3.8, 4) is 0 Å². The molecule has 0 aromatic rings. The van der Waals surface area contributed by atoms with Crippen LogP contribution in [0.4, 0.5) is 0 Å². The van der Waals surface area contributed by atoms with Crippen molar-refractivity contribution in [2.45, 2.75) is 12.5 Å². The van der Waals surface area contributed by atoms with Crippen LogP contribution in [0.5, 0.6) is 0 Å². The first-order chi connectivity index (χ1) is 3.92. The quantitative estimate of drug-likeness (QED) is 0.445. The van der Waals surface area contributed by atoms with Crippen LogP contribution in [-0.2, 0) is 9.63 Å². The van der Waals surface area contributed by atoms with Crippen LogP contribution in [0.25, 0.3) is 0 Å². The Hall–Kier alpha value is -0.860. The van der Waals surface area contributed by atoms with Crippen LogP contribution in [0.1, 0.15) is 6.42 Å². The van der Waals surface area contributed by atoms with Crippen molar-refractivity contribution >= 4 is 12.0 Å². The second kappa shape index (κ2) is 1.10. The van der Waals surface area contributed by atoms with E-state index in [4.69, 9.17) is 4.84 Å². The zero-order valence-corrected chi connectivity index (χ0v) is 4.20. The molecule has 0 aromatic carbocycles. The van der Waals surface area contributed by atoms with Crippen LogP contribution in [-0.4, -0.2) is 18.1 Å². The SMILES string of the molecule is O=CC1=NOC2CC12. The highest BCUT2D eigenvalue weighted by molar-refractivity contribution is 6.30. The van der Waals surface area contributed by atoms with Gasteiger partial charge in [0.15, 0.2) is 6.29 Å². The lowest BCUT2D eigenvalue weighted by Gasteiger charge is -1.83. The number of carbonyl (C=O) groups excluding carboxylic acids is 1. The van der Waals surface area contributed by atoms with Crippen molar-refractivity contribution in [2.75, 3.05) is 0 Å². The van der Waals surface area contributed by atoms with E-state index in [0.29, 0.717) is 11.6 Å². The lowest BCUT2D eigenvalue weighted by molar-refractivity contribution is -0.102. The van der Waals surface area contributed by atoms with Crippen LogP contribution < -0.4 is 0 Å². The van der Waals surface area contributed by atoms with E-state index in [2.05, 4.69) is 5.16 Å². The smallest absolute Gasteiger partial charge is 0.168 e. The number of nitrogens with zero attached hydrogens (tertiary/aromatic N) is 1. The van der Waals surface area contributed by atoms with E-state index in [9.17, 15) is 4.79 Å². The molecular weight excluding hydrogens is 106 g/mol. The summed E-state index contributed by atoms with van der Waals surface area (Å²) in [4.78, 5) is 14.8. The molecule has 1 aliphatic carbocycles. The predicted molar refractivity (Wildman–Crippen MR) is 26.5 cm³/mol. The van der Waals surface area contributed by atoms with Gasteiger partial charge in [-0.3, -0.25) is 4.79 Å². The van der Waals surface area contributed by atoms with Gasteiger partial charge >= 0.3 is 0 Å². The van der Waals surface area contributed by atoms with Gasteiger partial charge in [-0.2, -0.15) is 0 Å². The minimum absolute atomic E-state index is 0.259. The highest BCUT2D eigenvalue weighted by Crippen LogP contribution is 2.39. The maximum absolute atomic E-state index is 10.0. The average molecular weight is 111 g/mol. The number of hydrogen-bond acceptors (Lipinski definition) is 3. The minimum atomic E-state index is 0.259. The monoisotopic (exact) mass is 111 g/mol. The Labute approximate surface area is 46.3 Å². The van der Waals surface area contributed by atoms with Gasteiger partial charge in [0.2, 0.25) is 0 Å². The predicted octanol–water partition coefficient (Wildman–Crippen LogP) is -0.0400. The first-order valence-corrected chi connectivity index (χ1v) is 2.60. The van der Waals surface area contributed by atoms with Gasteiger partial charge in [0.1, 0.15) is 11.8 Å². The largest absolute Gasteiger partial charge is 0.391 e. The third-order valence-electron chi connectivity index (χ3n) is 1.53. The van der Waals surface area contributed by atoms with E-state index < -0.39 is 0 Å². The Kier molecular flexibility index (Phi) is 0.559. The van der Waals surface area contributed by atoms with Crippen LogP contribution in [0, 0.1) is 5.92 Å². The summed E-state index contributed by atoms with van der Waals surface area (Å²) in [5, 5.41) is 3.53. The van der Waals surface area contributed by atoms with E-state index in [1.54, 1.807) is 0 Å². The number of fused-ring (bicyclic) bond motifs is 1. The van der Waals surface area contributed by atoms with Crippen molar-refractivity contribution in [3.05, 3.63) is 0 Å². The van der Waals surface area contributed by atoms with Gasteiger partial charge in [-0.05, 0) is 6.42 Å². The summed E-state index contributed by atoms with van der Waals surface area (Å²) in [5.74, 6) is 0.354. The molecule has 2 aliphatic rings. The van der Waals surface area contributed by atoms with Crippen LogP contribution in [0.15, 0.2) is 5.16 Å². The molecule has 2 rings (SSSR count). The van der Waals surface area contributed by atoms with Crippen LogP contribution >= 0.6 is 0 Å². The van der Waals surface area contributed by atoms with Crippen molar-refractivity contribution in [1.29, 1.82) is 0 Å². The summed E-state index contributed by atoms with van der Waals surface area (Å²) in [6.07, 6.45) is 2.03. The highest BCUT2D eigenvalue weighted by atomic mass is 16.7. The first-order valence-electron chi connectivity index (χ1n) is 2.60. The van der Waals surface area contributed by atoms with Gasteiger partial charge in [0.25, 0.3) is 0 Å².